The van der Waals surface area contributed by atoms with Gasteiger partial charge in [-0.15, -0.1) is 0 Å². The number of carbonyl (C=O) groups excluding carboxylic acids is 1. The number of hydrogen-bond donors (Lipinski definition) is 3. The minimum atomic E-state index is -1.19. The van der Waals surface area contributed by atoms with Gasteiger partial charge in [0.1, 0.15) is 5.58 Å². The number of furan rings is 1. The van der Waals surface area contributed by atoms with Crippen LogP contribution in [-0.4, -0.2) is 17.1 Å². The van der Waals surface area contributed by atoms with Crippen molar-refractivity contribution in [1.29, 1.82) is 5.26 Å². The third kappa shape index (κ3) is 3.73. The Labute approximate surface area is 160 Å². The second-order valence-electron chi connectivity index (χ2n) is 5.82. The number of amides is 2. The van der Waals surface area contributed by atoms with E-state index in [1.54, 1.807) is 42.5 Å². The van der Waals surface area contributed by atoms with Crippen LogP contribution in [0.3, 0.4) is 0 Å². The van der Waals surface area contributed by atoms with Crippen molar-refractivity contribution in [1.82, 2.24) is 5.32 Å². The second kappa shape index (κ2) is 7.43. The van der Waals surface area contributed by atoms with Gasteiger partial charge >= 0.3 is 12.0 Å². The molecule has 3 aromatic rings. The first-order chi connectivity index (χ1) is 12.9. The zero-order valence-corrected chi connectivity index (χ0v) is 15.1. The number of carboxylic acids is 1. The minimum Gasteiger partial charge on any atom is -0.475 e. The predicted molar refractivity (Wildman–Crippen MR) is 103 cm³/mol. The SMILES string of the molecule is CC(NC(=O)N(S)c1cccc2oc(C(=O)O)cc12)c1ccc(C#N)cc1. The molecule has 2 aromatic carbocycles. The Morgan fingerprint density at radius 2 is 1.96 bits per heavy atom. The quantitative estimate of drug-likeness (QED) is 0.589. The van der Waals surface area contributed by atoms with Gasteiger partial charge in [0.25, 0.3) is 0 Å². The van der Waals surface area contributed by atoms with Gasteiger partial charge in [0.15, 0.2) is 0 Å². The summed E-state index contributed by atoms with van der Waals surface area (Å²) >= 11 is 4.26. The van der Waals surface area contributed by atoms with Crippen LogP contribution < -0.4 is 9.62 Å². The number of thiol groups is 1. The Morgan fingerprint density at radius 3 is 2.59 bits per heavy atom. The van der Waals surface area contributed by atoms with Gasteiger partial charge in [-0.1, -0.05) is 31.0 Å². The highest BCUT2D eigenvalue weighted by molar-refractivity contribution is 7.82. The van der Waals surface area contributed by atoms with Crippen molar-refractivity contribution < 1.29 is 19.1 Å². The number of nitrogens with one attached hydrogen (secondary N) is 1. The molecule has 0 bridgehead atoms. The highest BCUT2D eigenvalue weighted by Gasteiger charge is 2.20. The summed E-state index contributed by atoms with van der Waals surface area (Å²) in [6.07, 6.45) is 0. The zero-order valence-electron chi connectivity index (χ0n) is 14.2. The van der Waals surface area contributed by atoms with Gasteiger partial charge in [0, 0.05) is 11.5 Å². The number of fused-ring (bicyclic) bond motifs is 1. The monoisotopic (exact) mass is 381 g/mol. The molecule has 8 heteroatoms. The number of aromatic carboxylic acids is 1. The van der Waals surface area contributed by atoms with E-state index in [-0.39, 0.29) is 11.8 Å². The standard InChI is InChI=1S/C19H15N3O4S/c1-11(13-7-5-12(10-20)6-8-13)21-19(25)22(27)15-3-2-4-16-14(15)9-17(26-16)18(23)24/h2-9,11,27H,1H3,(H,21,25)(H,23,24). The van der Waals surface area contributed by atoms with Crippen LogP contribution in [-0.2, 0) is 0 Å². The lowest BCUT2D eigenvalue weighted by Gasteiger charge is -2.21. The number of nitrogens with zero attached hydrogens (tertiary/aromatic N) is 2. The molecule has 1 aromatic heterocycles. The van der Waals surface area contributed by atoms with E-state index in [0.29, 0.717) is 22.2 Å². The first kappa shape index (κ1) is 18.4. The number of hydrogen-bond acceptors (Lipinski definition) is 5. The molecule has 0 fully saturated rings. The Morgan fingerprint density at radius 1 is 1.26 bits per heavy atom. The second-order valence-corrected chi connectivity index (χ2v) is 6.22. The molecule has 2 N–H and O–H groups in total. The first-order valence-corrected chi connectivity index (χ1v) is 8.36. The van der Waals surface area contributed by atoms with E-state index < -0.39 is 12.0 Å². The summed E-state index contributed by atoms with van der Waals surface area (Å²) in [5.74, 6) is -1.41. The third-order valence-electron chi connectivity index (χ3n) is 4.05. The van der Waals surface area contributed by atoms with Crippen LogP contribution >= 0.6 is 12.8 Å². The van der Waals surface area contributed by atoms with Crippen molar-refractivity contribution in [3.8, 4) is 6.07 Å². The Kier molecular flexibility index (Phi) is 5.05. The fraction of sp³-hybridized carbons (Fsp3) is 0.105. The largest absolute Gasteiger partial charge is 0.475 e. The number of carbonyl (C=O) groups is 2. The van der Waals surface area contributed by atoms with Crippen molar-refractivity contribution in [3.63, 3.8) is 0 Å². The molecule has 0 aliphatic heterocycles. The van der Waals surface area contributed by atoms with Crippen molar-refractivity contribution in [2.45, 2.75) is 13.0 Å². The molecule has 7 nitrogen and oxygen atoms in total. The molecular formula is C19H15N3O4S. The number of rotatable bonds is 4. The summed E-state index contributed by atoms with van der Waals surface area (Å²) in [6.45, 7) is 1.81. The van der Waals surface area contributed by atoms with Crippen LogP contribution in [0.2, 0.25) is 0 Å². The van der Waals surface area contributed by atoms with Crippen molar-refractivity contribution in [2.24, 2.45) is 0 Å². The normalized spacial score (nSPS) is 11.6. The van der Waals surface area contributed by atoms with Crippen LogP contribution in [0, 0.1) is 11.3 Å². The third-order valence-corrected chi connectivity index (χ3v) is 4.45. The molecule has 2 amide bonds. The summed E-state index contributed by atoms with van der Waals surface area (Å²) in [5.41, 5.74) is 2.11. The van der Waals surface area contributed by atoms with E-state index in [1.807, 2.05) is 13.0 Å². The summed E-state index contributed by atoms with van der Waals surface area (Å²) in [7, 11) is 0. The molecule has 1 atom stereocenters. The van der Waals surface area contributed by atoms with Crippen molar-refractivity contribution in [3.05, 3.63) is 65.4 Å². The Hall–Kier alpha value is -3.44. The topological polar surface area (TPSA) is 107 Å². The van der Waals surface area contributed by atoms with Gasteiger partial charge in [0.2, 0.25) is 5.76 Å². The molecule has 1 heterocycles. The summed E-state index contributed by atoms with van der Waals surface area (Å²) in [6, 6.07) is 14.4. The van der Waals surface area contributed by atoms with Crippen molar-refractivity contribution >= 4 is 41.5 Å². The molecule has 1 unspecified atom stereocenters. The highest BCUT2D eigenvalue weighted by atomic mass is 32.1. The molecule has 0 saturated heterocycles. The van der Waals surface area contributed by atoms with E-state index in [9.17, 15) is 9.59 Å². The van der Waals surface area contributed by atoms with Gasteiger partial charge in [-0.2, -0.15) is 5.26 Å². The number of urea groups is 1. The maximum Gasteiger partial charge on any atom is 0.371 e. The smallest absolute Gasteiger partial charge is 0.371 e. The van der Waals surface area contributed by atoms with Crippen molar-refractivity contribution in [2.75, 3.05) is 4.31 Å². The molecule has 0 aliphatic carbocycles. The maximum absolute atomic E-state index is 12.6. The maximum atomic E-state index is 12.6. The summed E-state index contributed by atoms with van der Waals surface area (Å²) < 4.78 is 6.35. The van der Waals surface area contributed by atoms with Gasteiger partial charge in [-0.25, -0.2) is 13.9 Å². The number of benzene rings is 2. The van der Waals surface area contributed by atoms with Gasteiger partial charge in [-0.3, -0.25) is 0 Å². The van der Waals surface area contributed by atoms with Crippen LogP contribution in [0.15, 0.2) is 52.9 Å². The van der Waals surface area contributed by atoms with E-state index >= 15 is 0 Å². The minimum absolute atomic E-state index is 0.217. The first-order valence-electron chi connectivity index (χ1n) is 7.96. The Balaban J connectivity index is 1.81. The predicted octanol–water partition coefficient (Wildman–Crippen LogP) is 4.12. The fourth-order valence-electron chi connectivity index (χ4n) is 2.62. The fourth-order valence-corrected chi connectivity index (χ4v) is 2.85. The van der Waals surface area contributed by atoms with E-state index in [2.05, 4.69) is 18.1 Å². The zero-order chi connectivity index (χ0) is 19.6. The molecule has 0 aliphatic rings. The molecular weight excluding hydrogens is 366 g/mol. The molecule has 27 heavy (non-hydrogen) atoms. The number of carboxylic acid groups (broad SMARTS) is 1. The van der Waals surface area contributed by atoms with E-state index in [4.69, 9.17) is 14.8 Å². The molecule has 0 radical (unpaired) electrons. The average molecular weight is 381 g/mol. The van der Waals surface area contributed by atoms with Crippen LogP contribution in [0.4, 0.5) is 10.5 Å². The summed E-state index contributed by atoms with van der Waals surface area (Å²) in [5, 5.41) is 21.2. The highest BCUT2D eigenvalue weighted by Crippen LogP contribution is 2.31. The lowest BCUT2D eigenvalue weighted by molar-refractivity contribution is 0.0665. The molecule has 0 spiro atoms. The van der Waals surface area contributed by atoms with Gasteiger partial charge in [0.05, 0.1) is 23.4 Å². The Bertz CT molecular complexity index is 1050. The van der Waals surface area contributed by atoms with Gasteiger partial charge < -0.3 is 14.8 Å². The number of nitriles is 1. The van der Waals surface area contributed by atoms with Crippen LogP contribution in [0.25, 0.3) is 11.0 Å². The average Bonchev–Trinajstić information content (AvgIpc) is 3.12. The summed E-state index contributed by atoms with van der Waals surface area (Å²) in [4.78, 5) is 23.7. The van der Waals surface area contributed by atoms with Crippen LogP contribution in [0.5, 0.6) is 0 Å². The molecule has 0 saturated carbocycles. The lowest BCUT2D eigenvalue weighted by atomic mass is 10.1. The van der Waals surface area contributed by atoms with E-state index in [1.165, 1.54) is 6.07 Å². The molecule has 136 valence electrons. The van der Waals surface area contributed by atoms with E-state index in [0.717, 1.165) is 9.87 Å². The molecule has 3 rings (SSSR count). The number of anilines is 1. The lowest BCUT2D eigenvalue weighted by Crippen LogP contribution is -2.35. The van der Waals surface area contributed by atoms with Gasteiger partial charge in [-0.05, 0) is 36.8 Å². The van der Waals surface area contributed by atoms with Crippen LogP contribution in [0.1, 0.15) is 34.6 Å².